The lowest BCUT2D eigenvalue weighted by molar-refractivity contribution is 0.0949. The molecule has 0 radical (unpaired) electrons. The summed E-state index contributed by atoms with van der Waals surface area (Å²) in [7, 11) is 0. The molecule has 1 atom stereocenters. The molecule has 2 aliphatic rings. The summed E-state index contributed by atoms with van der Waals surface area (Å²) < 4.78 is 14.4. The molecule has 1 fully saturated rings. The van der Waals surface area contributed by atoms with Crippen LogP contribution in [0.4, 0.5) is 4.39 Å². The largest absolute Gasteiger partial charge is 0.356 e. The highest BCUT2D eigenvalue weighted by atomic mass is 19.1. The van der Waals surface area contributed by atoms with Gasteiger partial charge in [0.1, 0.15) is 17.5 Å². The van der Waals surface area contributed by atoms with Gasteiger partial charge in [-0.05, 0) is 50.3 Å². The number of benzene rings is 1. The molecule has 2 aliphatic heterocycles. The minimum Gasteiger partial charge on any atom is -0.356 e. The molecule has 2 heterocycles. The first-order valence-electron chi connectivity index (χ1n) is 12.6. The van der Waals surface area contributed by atoms with Crippen LogP contribution in [-0.4, -0.2) is 72.7 Å². The lowest BCUT2D eigenvalue weighted by atomic mass is 10.0. The van der Waals surface area contributed by atoms with Crippen molar-refractivity contribution in [2.45, 2.75) is 65.8 Å². The third kappa shape index (κ3) is 7.10. The summed E-state index contributed by atoms with van der Waals surface area (Å²) in [4.78, 5) is 26.3. The van der Waals surface area contributed by atoms with Crippen molar-refractivity contribution in [3.05, 3.63) is 35.1 Å². The van der Waals surface area contributed by atoms with Crippen LogP contribution in [0.25, 0.3) is 0 Å². The molecule has 1 aromatic rings. The van der Waals surface area contributed by atoms with Gasteiger partial charge in [-0.25, -0.2) is 9.38 Å². The van der Waals surface area contributed by atoms with E-state index in [1.165, 1.54) is 6.07 Å². The maximum Gasteiger partial charge on any atom is 0.254 e. The van der Waals surface area contributed by atoms with Gasteiger partial charge < -0.3 is 10.2 Å². The van der Waals surface area contributed by atoms with Gasteiger partial charge in [-0.2, -0.15) is 0 Å². The van der Waals surface area contributed by atoms with Crippen LogP contribution in [0.3, 0.4) is 0 Å². The van der Waals surface area contributed by atoms with Crippen molar-refractivity contribution in [3.63, 3.8) is 0 Å². The molecule has 0 aromatic heterocycles. The van der Waals surface area contributed by atoms with E-state index in [0.717, 1.165) is 82.1 Å². The Morgan fingerprint density at radius 1 is 1.15 bits per heavy atom. The summed E-state index contributed by atoms with van der Waals surface area (Å²) >= 11 is 0. The van der Waals surface area contributed by atoms with E-state index in [1.807, 2.05) is 6.07 Å². The van der Waals surface area contributed by atoms with Crippen LogP contribution in [0.5, 0.6) is 0 Å². The van der Waals surface area contributed by atoms with Gasteiger partial charge in [0.15, 0.2) is 0 Å². The Morgan fingerprint density at radius 3 is 2.55 bits per heavy atom. The van der Waals surface area contributed by atoms with Gasteiger partial charge in [-0.1, -0.05) is 33.3 Å². The molecule has 0 bridgehead atoms. The van der Waals surface area contributed by atoms with Gasteiger partial charge in [-0.3, -0.25) is 14.7 Å². The number of rotatable bonds is 10. The predicted molar refractivity (Wildman–Crippen MR) is 134 cm³/mol. The number of carbonyl (C=O) groups is 1. The van der Waals surface area contributed by atoms with E-state index in [-0.39, 0.29) is 11.5 Å². The minimum atomic E-state index is -0.426. The number of nitrogens with zero attached hydrogens (tertiary/aromatic N) is 4. The molecule has 3 rings (SSSR count). The van der Waals surface area contributed by atoms with Gasteiger partial charge in [0.25, 0.3) is 5.91 Å². The standard InChI is InChI=1S/C26H40FN5O/c1-5-6-12-28-26(33)22-11-10-21(17-23(22)27)9-7-8-20(4)31-13-15-32(16-14-31)24-18-29-25(30-24)19(2)3/h10-11,17,19-20H,5-9,12-16,18H2,1-4H3,(H,28,33). The monoisotopic (exact) mass is 457 g/mol. The number of amides is 1. The van der Waals surface area contributed by atoms with Gasteiger partial charge in [0.2, 0.25) is 0 Å². The van der Waals surface area contributed by atoms with Gasteiger partial charge in [0, 0.05) is 44.7 Å². The second-order valence-electron chi connectivity index (χ2n) is 9.55. The fraction of sp³-hybridized carbons (Fsp3) is 0.654. The number of piperazine rings is 1. The molecule has 1 amide bonds. The van der Waals surface area contributed by atoms with Gasteiger partial charge in [0.05, 0.1) is 12.1 Å². The number of hydrogen-bond acceptors (Lipinski definition) is 5. The topological polar surface area (TPSA) is 60.3 Å². The van der Waals surface area contributed by atoms with Crippen LogP contribution in [0.1, 0.15) is 69.3 Å². The second-order valence-corrected chi connectivity index (χ2v) is 9.55. The quantitative estimate of drug-likeness (QED) is 0.537. The van der Waals surface area contributed by atoms with Crippen LogP contribution in [0.15, 0.2) is 28.2 Å². The van der Waals surface area contributed by atoms with Crippen LogP contribution >= 0.6 is 0 Å². The normalized spacial score (nSPS) is 17.8. The lowest BCUT2D eigenvalue weighted by Gasteiger charge is -2.39. The van der Waals surface area contributed by atoms with Crippen molar-refractivity contribution in [1.29, 1.82) is 0 Å². The van der Waals surface area contributed by atoms with Crippen molar-refractivity contribution in [3.8, 4) is 0 Å². The Labute approximate surface area is 198 Å². The van der Waals surface area contributed by atoms with Crippen LogP contribution in [0.2, 0.25) is 0 Å². The average molecular weight is 458 g/mol. The first-order valence-corrected chi connectivity index (χ1v) is 12.6. The fourth-order valence-electron chi connectivity index (χ4n) is 4.41. The number of halogens is 1. The summed E-state index contributed by atoms with van der Waals surface area (Å²) in [5.74, 6) is 1.73. The van der Waals surface area contributed by atoms with Crippen LogP contribution < -0.4 is 5.32 Å². The molecule has 0 saturated carbocycles. The van der Waals surface area contributed by atoms with Crippen LogP contribution in [-0.2, 0) is 6.42 Å². The number of nitrogens with one attached hydrogen (secondary N) is 1. The number of carbonyl (C=O) groups excluding carboxylic acids is 1. The van der Waals surface area contributed by atoms with Crippen molar-refractivity contribution in [2.24, 2.45) is 15.9 Å². The molecule has 1 unspecified atom stereocenters. The molecule has 7 heteroatoms. The molecule has 182 valence electrons. The zero-order valence-corrected chi connectivity index (χ0v) is 20.7. The zero-order valence-electron chi connectivity index (χ0n) is 20.7. The molecule has 1 N–H and O–H groups in total. The minimum absolute atomic E-state index is 0.138. The summed E-state index contributed by atoms with van der Waals surface area (Å²) in [6.45, 7) is 14.0. The van der Waals surface area contributed by atoms with Crippen molar-refractivity contribution >= 4 is 17.6 Å². The highest BCUT2D eigenvalue weighted by Crippen LogP contribution is 2.17. The Balaban J connectivity index is 1.39. The summed E-state index contributed by atoms with van der Waals surface area (Å²) in [5.41, 5.74) is 1.09. The molecule has 6 nitrogen and oxygen atoms in total. The Kier molecular flexibility index (Phi) is 9.41. The van der Waals surface area contributed by atoms with E-state index in [2.05, 4.69) is 47.8 Å². The Hall–Kier alpha value is -2.28. The highest BCUT2D eigenvalue weighted by molar-refractivity contribution is 6.03. The Bertz CT molecular complexity index is 858. The van der Waals surface area contributed by atoms with E-state index in [0.29, 0.717) is 18.5 Å². The average Bonchev–Trinajstić information content (AvgIpc) is 3.30. The molecule has 1 saturated heterocycles. The summed E-state index contributed by atoms with van der Waals surface area (Å²) in [5, 5.41) is 2.78. The van der Waals surface area contributed by atoms with Gasteiger partial charge in [-0.15, -0.1) is 0 Å². The maximum atomic E-state index is 14.4. The van der Waals surface area contributed by atoms with Crippen molar-refractivity contribution in [2.75, 3.05) is 39.3 Å². The first-order chi connectivity index (χ1) is 15.9. The number of aryl methyl sites for hydroxylation is 1. The van der Waals surface area contributed by atoms with E-state index in [4.69, 9.17) is 4.99 Å². The molecular weight excluding hydrogens is 417 g/mol. The molecule has 0 aliphatic carbocycles. The smallest absolute Gasteiger partial charge is 0.254 e. The SMILES string of the molecule is CCCCNC(=O)c1ccc(CCCC(C)N2CCN(C3=NC(C(C)C)=NC3)CC2)cc1F. The van der Waals surface area contributed by atoms with Crippen LogP contribution in [0, 0.1) is 11.7 Å². The van der Waals surface area contributed by atoms with E-state index in [1.54, 1.807) is 6.07 Å². The van der Waals surface area contributed by atoms with Gasteiger partial charge >= 0.3 is 0 Å². The van der Waals surface area contributed by atoms with Crippen molar-refractivity contribution < 1.29 is 9.18 Å². The van der Waals surface area contributed by atoms with E-state index < -0.39 is 5.82 Å². The lowest BCUT2D eigenvalue weighted by Crippen LogP contribution is -2.51. The molecule has 1 aromatic carbocycles. The summed E-state index contributed by atoms with van der Waals surface area (Å²) in [6.07, 6.45) is 4.80. The van der Waals surface area contributed by atoms with Crippen molar-refractivity contribution in [1.82, 2.24) is 15.1 Å². The van der Waals surface area contributed by atoms with E-state index >= 15 is 0 Å². The number of hydrogen-bond donors (Lipinski definition) is 1. The third-order valence-corrected chi connectivity index (χ3v) is 6.63. The second kappa shape index (κ2) is 12.3. The number of unbranched alkanes of at least 4 members (excludes halogenated alkanes) is 1. The fourth-order valence-corrected chi connectivity index (χ4v) is 4.41. The Morgan fingerprint density at radius 2 is 1.91 bits per heavy atom. The van der Waals surface area contributed by atoms with E-state index in [9.17, 15) is 9.18 Å². The highest BCUT2D eigenvalue weighted by Gasteiger charge is 2.25. The predicted octanol–water partition coefficient (Wildman–Crippen LogP) is 4.15. The molecule has 33 heavy (non-hydrogen) atoms. The first kappa shape index (κ1) is 25.3. The third-order valence-electron chi connectivity index (χ3n) is 6.63. The molecular formula is C26H40FN5O. The number of aliphatic imine (C=N–C) groups is 2. The summed E-state index contributed by atoms with van der Waals surface area (Å²) in [6, 6.07) is 5.52. The maximum absolute atomic E-state index is 14.4. The zero-order chi connectivity index (χ0) is 23.8. The molecule has 0 spiro atoms. The number of amidine groups is 2.